The van der Waals surface area contributed by atoms with Gasteiger partial charge in [-0.05, 0) is 53.4 Å². The van der Waals surface area contributed by atoms with Crippen LogP contribution in [0.2, 0.25) is 0 Å². The highest BCUT2D eigenvalue weighted by Gasteiger charge is 2.22. The van der Waals surface area contributed by atoms with Crippen molar-refractivity contribution in [2.75, 3.05) is 17.8 Å². The lowest BCUT2D eigenvalue weighted by molar-refractivity contribution is -0.116. The summed E-state index contributed by atoms with van der Waals surface area (Å²) in [5, 5.41) is 0.720. The number of nitrogens with zero attached hydrogens (tertiary/aromatic N) is 3. The van der Waals surface area contributed by atoms with Crippen molar-refractivity contribution in [3.05, 3.63) is 78.1 Å². The third-order valence-corrected chi connectivity index (χ3v) is 7.12. The number of pyridine rings is 1. The smallest absolute Gasteiger partial charge is 0.239 e. The van der Waals surface area contributed by atoms with Gasteiger partial charge in [-0.1, -0.05) is 43.4 Å². The molecule has 0 unspecified atom stereocenters. The molecule has 0 spiro atoms. The lowest BCUT2D eigenvalue weighted by Crippen LogP contribution is -2.31. The van der Waals surface area contributed by atoms with Crippen LogP contribution in [-0.2, 0) is 11.3 Å². The quantitative estimate of drug-likeness (QED) is 0.293. The minimum Gasteiger partial charge on any atom is -0.497 e. The fourth-order valence-electron chi connectivity index (χ4n) is 3.37. The van der Waals surface area contributed by atoms with Crippen molar-refractivity contribution in [3.8, 4) is 5.75 Å². The molecule has 7 heteroatoms. The molecule has 0 saturated carbocycles. The molecule has 0 aliphatic rings. The molecule has 4 rings (SSSR count). The zero-order chi connectivity index (χ0) is 22.5. The Morgan fingerprint density at radius 1 is 1.12 bits per heavy atom. The maximum absolute atomic E-state index is 13.4. The molecule has 2 aromatic carbocycles. The van der Waals surface area contributed by atoms with E-state index in [1.165, 1.54) is 17.3 Å². The lowest BCUT2D eigenvalue weighted by atomic mass is 10.0. The molecule has 0 aliphatic heterocycles. The number of ether oxygens (including phenoxy) is 1. The monoisotopic (exact) mass is 463 g/mol. The van der Waals surface area contributed by atoms with Crippen molar-refractivity contribution in [2.45, 2.75) is 31.2 Å². The van der Waals surface area contributed by atoms with Crippen LogP contribution >= 0.6 is 23.1 Å². The number of carbonyl (C=O) groups excluding carboxylic acids is 1. The van der Waals surface area contributed by atoms with Gasteiger partial charge < -0.3 is 4.74 Å². The molecular weight excluding hydrogens is 438 g/mol. The van der Waals surface area contributed by atoms with Crippen LogP contribution in [-0.4, -0.2) is 28.7 Å². The average Bonchev–Trinajstić information content (AvgIpc) is 3.26. The van der Waals surface area contributed by atoms with Gasteiger partial charge in [0.25, 0.3) is 0 Å². The first-order chi connectivity index (χ1) is 15.5. The van der Waals surface area contributed by atoms with Gasteiger partial charge in [0, 0.05) is 17.3 Å². The molecule has 4 aromatic rings. The number of hydrogen-bond donors (Lipinski definition) is 0. The minimum atomic E-state index is 0.0137. The number of para-hydroxylation sites is 1. The average molecular weight is 464 g/mol. The van der Waals surface area contributed by atoms with Gasteiger partial charge in [-0.15, -0.1) is 11.8 Å². The van der Waals surface area contributed by atoms with Gasteiger partial charge in [-0.3, -0.25) is 14.7 Å². The maximum Gasteiger partial charge on any atom is 0.239 e. The molecular formula is C25H25N3O2S2. The molecule has 164 valence electrons. The van der Waals surface area contributed by atoms with Crippen molar-refractivity contribution in [3.63, 3.8) is 0 Å². The van der Waals surface area contributed by atoms with E-state index >= 15 is 0 Å². The largest absolute Gasteiger partial charge is 0.497 e. The predicted octanol–water partition coefficient (Wildman–Crippen LogP) is 6.15. The summed E-state index contributed by atoms with van der Waals surface area (Å²) in [7, 11) is 1.64. The molecule has 2 heterocycles. The summed E-state index contributed by atoms with van der Waals surface area (Å²) in [6.45, 7) is 4.77. The first-order valence-corrected chi connectivity index (χ1v) is 12.2. The van der Waals surface area contributed by atoms with Gasteiger partial charge >= 0.3 is 0 Å². The Morgan fingerprint density at radius 2 is 1.94 bits per heavy atom. The van der Waals surface area contributed by atoms with Crippen LogP contribution < -0.4 is 9.64 Å². The molecule has 0 fully saturated rings. The lowest BCUT2D eigenvalue weighted by Gasteiger charge is -2.20. The Hall–Kier alpha value is -2.90. The first kappa shape index (κ1) is 22.3. The number of aromatic nitrogens is 2. The van der Waals surface area contributed by atoms with Crippen LogP contribution in [0.1, 0.15) is 30.9 Å². The molecule has 32 heavy (non-hydrogen) atoms. The SMILES string of the molecule is COc1ccc(SCC(=O)N(Cc2cccnc2)c2nc3c(C(C)C)cccc3s2)cc1. The third kappa shape index (κ3) is 5.11. The Kier molecular flexibility index (Phi) is 7.07. The molecule has 0 atom stereocenters. The van der Waals surface area contributed by atoms with E-state index in [1.807, 2.05) is 36.4 Å². The fraction of sp³-hybridized carbons (Fsp3) is 0.240. The van der Waals surface area contributed by atoms with Gasteiger partial charge in [0.05, 0.1) is 29.6 Å². The molecule has 0 saturated heterocycles. The number of anilines is 1. The zero-order valence-corrected chi connectivity index (χ0v) is 20.0. The topological polar surface area (TPSA) is 55.3 Å². The minimum absolute atomic E-state index is 0.0137. The van der Waals surface area contributed by atoms with Gasteiger partial charge in [-0.2, -0.15) is 0 Å². The van der Waals surface area contributed by atoms with Crippen LogP contribution in [0.3, 0.4) is 0 Å². The van der Waals surface area contributed by atoms with Crippen LogP contribution in [0.15, 0.2) is 71.9 Å². The van der Waals surface area contributed by atoms with Gasteiger partial charge in [0.15, 0.2) is 5.13 Å². The van der Waals surface area contributed by atoms with Crippen LogP contribution in [0, 0.1) is 0 Å². The Bertz CT molecular complexity index is 1190. The Labute approximate surface area is 196 Å². The Balaban J connectivity index is 1.61. The Morgan fingerprint density at radius 3 is 2.62 bits per heavy atom. The maximum atomic E-state index is 13.4. The molecule has 0 aliphatic carbocycles. The van der Waals surface area contributed by atoms with E-state index in [-0.39, 0.29) is 5.91 Å². The standard InChI is InChI=1S/C25H25N3O2S2/c1-17(2)21-7-4-8-22-24(21)27-25(32-22)28(15-18-6-5-13-26-14-18)23(29)16-31-20-11-9-19(30-3)10-12-20/h4-14,17H,15-16H2,1-3H3. The highest BCUT2D eigenvalue weighted by atomic mass is 32.2. The van der Waals surface area contributed by atoms with E-state index in [0.717, 1.165) is 31.6 Å². The summed E-state index contributed by atoms with van der Waals surface area (Å²) < 4.78 is 6.31. The van der Waals surface area contributed by atoms with Crippen LogP contribution in [0.4, 0.5) is 5.13 Å². The molecule has 0 N–H and O–H groups in total. The van der Waals surface area contributed by atoms with Crippen molar-refractivity contribution in [1.29, 1.82) is 0 Å². The number of benzene rings is 2. The highest BCUT2D eigenvalue weighted by molar-refractivity contribution is 8.00. The molecule has 0 bridgehead atoms. The second kappa shape index (κ2) is 10.1. The van der Waals surface area contributed by atoms with Gasteiger partial charge in [0.1, 0.15) is 5.75 Å². The number of hydrogen-bond acceptors (Lipinski definition) is 6. The normalized spacial score (nSPS) is 11.1. The zero-order valence-electron chi connectivity index (χ0n) is 18.3. The fourth-order valence-corrected chi connectivity index (χ4v) is 5.16. The van der Waals surface area contributed by atoms with Crippen molar-refractivity contribution in [2.24, 2.45) is 0 Å². The summed E-state index contributed by atoms with van der Waals surface area (Å²) in [5.41, 5.74) is 3.15. The summed E-state index contributed by atoms with van der Waals surface area (Å²) in [6, 6.07) is 17.9. The number of methoxy groups -OCH3 is 1. The number of fused-ring (bicyclic) bond motifs is 1. The van der Waals surface area contributed by atoms with E-state index in [0.29, 0.717) is 18.2 Å². The number of carbonyl (C=O) groups is 1. The van der Waals surface area contributed by atoms with E-state index in [9.17, 15) is 4.79 Å². The van der Waals surface area contributed by atoms with Crippen molar-refractivity contribution in [1.82, 2.24) is 9.97 Å². The summed E-state index contributed by atoms with van der Waals surface area (Å²) >= 11 is 3.07. The molecule has 1 amide bonds. The van der Waals surface area contributed by atoms with E-state index < -0.39 is 0 Å². The predicted molar refractivity (Wildman–Crippen MR) is 133 cm³/mol. The van der Waals surface area contributed by atoms with Crippen LogP contribution in [0.25, 0.3) is 10.2 Å². The van der Waals surface area contributed by atoms with Crippen molar-refractivity contribution < 1.29 is 9.53 Å². The van der Waals surface area contributed by atoms with E-state index in [2.05, 4.69) is 37.0 Å². The number of amides is 1. The second-order valence-corrected chi connectivity index (χ2v) is 9.71. The third-order valence-electron chi connectivity index (χ3n) is 5.08. The number of thiazole rings is 1. The number of rotatable bonds is 8. The van der Waals surface area contributed by atoms with Gasteiger partial charge in [-0.25, -0.2) is 4.98 Å². The molecule has 2 aromatic heterocycles. The number of thioether (sulfide) groups is 1. The summed E-state index contributed by atoms with van der Waals surface area (Å²) in [6.07, 6.45) is 3.53. The van der Waals surface area contributed by atoms with Crippen molar-refractivity contribution >= 4 is 44.4 Å². The van der Waals surface area contributed by atoms with Gasteiger partial charge in [0.2, 0.25) is 5.91 Å². The molecule has 0 radical (unpaired) electrons. The summed E-state index contributed by atoms with van der Waals surface area (Å²) in [4.78, 5) is 25.3. The highest BCUT2D eigenvalue weighted by Crippen LogP contribution is 2.34. The van der Waals surface area contributed by atoms with E-state index in [4.69, 9.17) is 9.72 Å². The summed E-state index contributed by atoms with van der Waals surface area (Å²) in [5.74, 6) is 1.50. The van der Waals surface area contributed by atoms with Crippen LogP contribution in [0.5, 0.6) is 5.75 Å². The first-order valence-electron chi connectivity index (χ1n) is 10.4. The second-order valence-electron chi connectivity index (χ2n) is 7.65. The molecule has 5 nitrogen and oxygen atoms in total. The van der Waals surface area contributed by atoms with E-state index in [1.54, 1.807) is 35.7 Å².